The molecule has 0 aliphatic heterocycles. The van der Waals surface area contributed by atoms with E-state index in [1.54, 1.807) is 6.26 Å². The topological polar surface area (TPSA) is 76.2 Å². The lowest BCUT2D eigenvalue weighted by molar-refractivity contribution is 0.0694. The molecule has 2 aromatic rings. The molecule has 0 atom stereocenters. The number of nitrogens with zero attached hydrogens (tertiary/aromatic N) is 2. The molecule has 0 spiro atoms. The van der Waals surface area contributed by atoms with Gasteiger partial charge in [0.25, 0.3) is 0 Å². The second kappa shape index (κ2) is 5.00. The first-order chi connectivity index (χ1) is 8.63. The summed E-state index contributed by atoms with van der Waals surface area (Å²) >= 11 is 0. The average Bonchev–Trinajstić information content (AvgIpc) is 2.75. The van der Waals surface area contributed by atoms with E-state index in [-0.39, 0.29) is 5.56 Å². The standard InChI is InChI=1S/C13H14N2O3/c1-3-4-10-9(13(16)17)7-14-12(15-10)11-8(2)5-6-18-11/h5-7H,3-4H2,1-2H3,(H,16,17). The van der Waals surface area contributed by atoms with Crippen LogP contribution in [0.1, 0.15) is 35.0 Å². The van der Waals surface area contributed by atoms with Gasteiger partial charge >= 0.3 is 5.97 Å². The highest BCUT2D eigenvalue weighted by molar-refractivity contribution is 5.88. The molecule has 2 heterocycles. The highest BCUT2D eigenvalue weighted by atomic mass is 16.4. The van der Waals surface area contributed by atoms with Crippen LogP contribution >= 0.6 is 0 Å². The van der Waals surface area contributed by atoms with Crippen molar-refractivity contribution < 1.29 is 14.3 Å². The number of aromatic carboxylic acids is 1. The van der Waals surface area contributed by atoms with Gasteiger partial charge in [0, 0.05) is 6.20 Å². The predicted molar refractivity (Wildman–Crippen MR) is 65.4 cm³/mol. The molecule has 18 heavy (non-hydrogen) atoms. The van der Waals surface area contributed by atoms with Gasteiger partial charge in [-0.3, -0.25) is 0 Å². The third-order valence-electron chi connectivity index (χ3n) is 2.65. The molecule has 0 aliphatic rings. The number of rotatable bonds is 4. The Morgan fingerprint density at radius 2 is 2.28 bits per heavy atom. The minimum absolute atomic E-state index is 0.157. The van der Waals surface area contributed by atoms with Crippen LogP contribution in [-0.4, -0.2) is 21.0 Å². The predicted octanol–water partition coefficient (Wildman–Crippen LogP) is 2.70. The SMILES string of the molecule is CCCc1nc(-c2occc2C)ncc1C(=O)O. The monoisotopic (exact) mass is 246 g/mol. The number of aryl methyl sites for hydroxylation is 2. The van der Waals surface area contributed by atoms with Crippen LogP contribution in [0.15, 0.2) is 22.9 Å². The van der Waals surface area contributed by atoms with E-state index in [0.717, 1.165) is 12.0 Å². The quantitative estimate of drug-likeness (QED) is 0.897. The summed E-state index contributed by atoms with van der Waals surface area (Å²) in [5.41, 5.74) is 1.64. The number of carboxylic acid groups (broad SMARTS) is 1. The Kier molecular flexibility index (Phi) is 3.41. The summed E-state index contributed by atoms with van der Waals surface area (Å²) in [6.45, 7) is 3.87. The Hall–Kier alpha value is -2.17. The van der Waals surface area contributed by atoms with Crippen molar-refractivity contribution in [1.82, 2.24) is 9.97 Å². The van der Waals surface area contributed by atoms with Crippen LogP contribution in [-0.2, 0) is 6.42 Å². The number of hydrogen-bond acceptors (Lipinski definition) is 4. The molecule has 0 bridgehead atoms. The van der Waals surface area contributed by atoms with Crippen molar-refractivity contribution in [3.05, 3.63) is 35.3 Å². The first kappa shape index (κ1) is 12.3. The first-order valence-corrected chi connectivity index (χ1v) is 5.77. The summed E-state index contributed by atoms with van der Waals surface area (Å²) in [7, 11) is 0. The fourth-order valence-corrected chi connectivity index (χ4v) is 1.73. The molecule has 0 radical (unpaired) electrons. The van der Waals surface area contributed by atoms with Crippen LogP contribution in [0.25, 0.3) is 11.6 Å². The van der Waals surface area contributed by atoms with Gasteiger partial charge in [0.2, 0.25) is 0 Å². The Morgan fingerprint density at radius 3 is 2.83 bits per heavy atom. The molecule has 0 amide bonds. The number of carboxylic acids is 1. The minimum Gasteiger partial charge on any atom is -0.478 e. The maximum absolute atomic E-state index is 11.1. The zero-order valence-corrected chi connectivity index (χ0v) is 10.3. The first-order valence-electron chi connectivity index (χ1n) is 5.77. The number of carbonyl (C=O) groups is 1. The van der Waals surface area contributed by atoms with Crippen molar-refractivity contribution in [2.24, 2.45) is 0 Å². The Labute approximate surface area is 105 Å². The largest absolute Gasteiger partial charge is 0.478 e. The maximum atomic E-state index is 11.1. The van der Waals surface area contributed by atoms with Gasteiger partial charge in [0.05, 0.1) is 17.5 Å². The molecule has 0 saturated carbocycles. The molecule has 5 nitrogen and oxygen atoms in total. The van der Waals surface area contributed by atoms with E-state index in [2.05, 4.69) is 9.97 Å². The van der Waals surface area contributed by atoms with Crippen molar-refractivity contribution in [2.75, 3.05) is 0 Å². The summed E-state index contributed by atoms with van der Waals surface area (Å²) in [5.74, 6) is 0.0245. The molecular weight excluding hydrogens is 232 g/mol. The van der Waals surface area contributed by atoms with Crippen LogP contribution in [0.3, 0.4) is 0 Å². The lowest BCUT2D eigenvalue weighted by Gasteiger charge is -2.05. The smallest absolute Gasteiger partial charge is 0.339 e. The molecule has 0 fully saturated rings. The highest BCUT2D eigenvalue weighted by Gasteiger charge is 2.16. The number of hydrogen-bond donors (Lipinski definition) is 1. The van der Waals surface area contributed by atoms with Crippen molar-refractivity contribution in [1.29, 1.82) is 0 Å². The molecule has 0 aromatic carbocycles. The van der Waals surface area contributed by atoms with Crippen LogP contribution < -0.4 is 0 Å². The molecule has 94 valence electrons. The van der Waals surface area contributed by atoms with E-state index in [4.69, 9.17) is 9.52 Å². The highest BCUT2D eigenvalue weighted by Crippen LogP contribution is 2.21. The third kappa shape index (κ3) is 2.25. The molecule has 0 saturated heterocycles. The second-order valence-electron chi connectivity index (χ2n) is 4.04. The Morgan fingerprint density at radius 1 is 1.50 bits per heavy atom. The molecule has 1 N–H and O–H groups in total. The van der Waals surface area contributed by atoms with Crippen molar-refractivity contribution in [2.45, 2.75) is 26.7 Å². The summed E-state index contributed by atoms with van der Waals surface area (Å²) in [4.78, 5) is 19.4. The van der Waals surface area contributed by atoms with E-state index >= 15 is 0 Å². The lowest BCUT2D eigenvalue weighted by atomic mass is 10.1. The van der Waals surface area contributed by atoms with Gasteiger partial charge in [0.1, 0.15) is 0 Å². The fraction of sp³-hybridized carbons (Fsp3) is 0.308. The van der Waals surface area contributed by atoms with E-state index < -0.39 is 5.97 Å². The summed E-state index contributed by atoms with van der Waals surface area (Å²) in [5, 5.41) is 9.06. The molecule has 2 aromatic heterocycles. The Bertz CT molecular complexity index is 575. The van der Waals surface area contributed by atoms with E-state index in [9.17, 15) is 4.79 Å². The van der Waals surface area contributed by atoms with Crippen LogP contribution in [0.5, 0.6) is 0 Å². The van der Waals surface area contributed by atoms with Gasteiger partial charge in [-0.1, -0.05) is 13.3 Å². The summed E-state index contributed by atoms with van der Waals surface area (Å²) in [6.07, 6.45) is 4.35. The van der Waals surface area contributed by atoms with Gasteiger partial charge in [0.15, 0.2) is 11.6 Å². The maximum Gasteiger partial charge on any atom is 0.339 e. The zero-order valence-electron chi connectivity index (χ0n) is 10.3. The van der Waals surface area contributed by atoms with Crippen LogP contribution in [0.4, 0.5) is 0 Å². The fourth-order valence-electron chi connectivity index (χ4n) is 1.73. The van der Waals surface area contributed by atoms with Crippen LogP contribution in [0, 0.1) is 6.92 Å². The number of aromatic nitrogens is 2. The van der Waals surface area contributed by atoms with E-state index in [1.807, 2.05) is 19.9 Å². The van der Waals surface area contributed by atoms with E-state index in [0.29, 0.717) is 23.7 Å². The van der Waals surface area contributed by atoms with Crippen molar-refractivity contribution in [3.8, 4) is 11.6 Å². The van der Waals surface area contributed by atoms with Gasteiger partial charge < -0.3 is 9.52 Å². The van der Waals surface area contributed by atoms with Crippen LogP contribution in [0.2, 0.25) is 0 Å². The lowest BCUT2D eigenvalue weighted by Crippen LogP contribution is -2.07. The molecule has 0 aliphatic carbocycles. The van der Waals surface area contributed by atoms with Crippen molar-refractivity contribution >= 4 is 5.97 Å². The molecule has 0 unspecified atom stereocenters. The van der Waals surface area contributed by atoms with Gasteiger partial charge in [-0.2, -0.15) is 0 Å². The van der Waals surface area contributed by atoms with Gasteiger partial charge in [-0.25, -0.2) is 14.8 Å². The Balaban J connectivity index is 2.49. The zero-order chi connectivity index (χ0) is 13.1. The van der Waals surface area contributed by atoms with Crippen molar-refractivity contribution in [3.63, 3.8) is 0 Å². The normalized spacial score (nSPS) is 10.6. The molecule has 2 rings (SSSR count). The number of furan rings is 1. The second-order valence-corrected chi connectivity index (χ2v) is 4.04. The summed E-state index contributed by atoms with van der Waals surface area (Å²) < 4.78 is 5.31. The summed E-state index contributed by atoms with van der Waals surface area (Å²) in [6, 6.07) is 1.82. The minimum atomic E-state index is -0.999. The molecule has 5 heteroatoms. The van der Waals surface area contributed by atoms with Gasteiger partial charge in [-0.15, -0.1) is 0 Å². The molecular formula is C13H14N2O3. The third-order valence-corrected chi connectivity index (χ3v) is 2.65. The van der Waals surface area contributed by atoms with Gasteiger partial charge in [-0.05, 0) is 25.0 Å². The van der Waals surface area contributed by atoms with E-state index in [1.165, 1.54) is 6.20 Å². The average molecular weight is 246 g/mol.